The van der Waals surface area contributed by atoms with E-state index in [1.54, 1.807) is 0 Å². The van der Waals surface area contributed by atoms with Gasteiger partial charge in [0.25, 0.3) is 0 Å². The summed E-state index contributed by atoms with van der Waals surface area (Å²) >= 11 is 5.25. The minimum absolute atomic E-state index is 0.197. The topological polar surface area (TPSA) is 37.3 Å². The Balaban J connectivity index is 3.13. The van der Waals surface area contributed by atoms with Crippen LogP contribution in [-0.2, 0) is 4.79 Å². The molecule has 1 N–H and O–H groups in total. The number of hydrogen-bond donors (Lipinski definition) is 1. The smallest absolute Gasteiger partial charge is 0.347 e. The van der Waals surface area contributed by atoms with Crippen molar-refractivity contribution in [1.82, 2.24) is 0 Å². The molecule has 0 fully saturated rings. The molecular weight excluding hydrogens is 214 g/mol. The molecule has 0 atom stereocenters. The first kappa shape index (κ1) is 10.7. The Hall–Kier alpha value is -1.42. The minimum atomic E-state index is -1.39. The van der Waals surface area contributed by atoms with E-state index < -0.39 is 22.6 Å². The molecule has 74 valence electrons. The zero-order chi connectivity index (χ0) is 10.7. The third-order valence-corrected chi connectivity index (χ3v) is 1.72. The Morgan fingerprint density at radius 2 is 2.07 bits per heavy atom. The zero-order valence-electron chi connectivity index (χ0n) is 6.80. The van der Waals surface area contributed by atoms with Crippen molar-refractivity contribution in [3.63, 3.8) is 0 Å². The highest BCUT2D eigenvalue weighted by molar-refractivity contribution is 6.42. The first-order chi connectivity index (χ1) is 6.50. The largest absolute Gasteiger partial charge is 0.477 e. The standard InChI is InChI=1S/C9H5ClF2O2/c10-7(9(13)14)4-5-3-6(11)1-2-8(5)12/h1-4H,(H,13,14). The molecule has 2 nitrogen and oxygen atoms in total. The van der Waals surface area contributed by atoms with E-state index in [9.17, 15) is 13.6 Å². The lowest BCUT2D eigenvalue weighted by Crippen LogP contribution is -1.94. The molecule has 0 amide bonds. The first-order valence-electron chi connectivity index (χ1n) is 3.56. The SMILES string of the molecule is O=C(O)C(Cl)=Cc1cc(F)ccc1F. The van der Waals surface area contributed by atoms with Gasteiger partial charge in [0, 0.05) is 5.56 Å². The minimum Gasteiger partial charge on any atom is -0.477 e. The van der Waals surface area contributed by atoms with E-state index in [1.807, 2.05) is 0 Å². The summed E-state index contributed by atoms with van der Waals surface area (Å²) in [7, 11) is 0. The van der Waals surface area contributed by atoms with Crippen molar-refractivity contribution in [3.05, 3.63) is 40.4 Å². The molecule has 0 heterocycles. The van der Waals surface area contributed by atoms with Crippen LogP contribution in [0.15, 0.2) is 23.2 Å². The average Bonchev–Trinajstić information content (AvgIpc) is 2.11. The van der Waals surface area contributed by atoms with Gasteiger partial charge in [-0.1, -0.05) is 11.6 Å². The van der Waals surface area contributed by atoms with Crippen molar-refractivity contribution in [2.24, 2.45) is 0 Å². The molecule has 0 saturated heterocycles. The van der Waals surface area contributed by atoms with Crippen LogP contribution >= 0.6 is 11.6 Å². The molecule has 0 unspecified atom stereocenters. The molecule has 14 heavy (non-hydrogen) atoms. The number of carboxylic acids is 1. The molecule has 1 aromatic rings. The van der Waals surface area contributed by atoms with Gasteiger partial charge >= 0.3 is 5.97 Å². The van der Waals surface area contributed by atoms with Gasteiger partial charge in [-0.2, -0.15) is 0 Å². The van der Waals surface area contributed by atoms with Crippen LogP contribution in [0.3, 0.4) is 0 Å². The fourth-order valence-electron chi connectivity index (χ4n) is 0.823. The first-order valence-corrected chi connectivity index (χ1v) is 3.94. The fraction of sp³-hybridized carbons (Fsp3) is 0. The Labute approximate surface area is 83.4 Å². The molecule has 0 radical (unpaired) electrons. The van der Waals surface area contributed by atoms with Gasteiger partial charge in [-0.05, 0) is 24.3 Å². The number of carboxylic acid groups (broad SMARTS) is 1. The molecular formula is C9H5ClF2O2. The Bertz CT molecular complexity index is 402. The van der Waals surface area contributed by atoms with Crippen LogP contribution in [0, 0.1) is 11.6 Å². The lowest BCUT2D eigenvalue weighted by atomic mass is 10.2. The predicted octanol–water partition coefficient (Wildman–Crippen LogP) is 2.63. The van der Waals surface area contributed by atoms with Crippen LogP contribution in [0.5, 0.6) is 0 Å². The summed E-state index contributed by atoms with van der Waals surface area (Å²) in [6.45, 7) is 0. The molecule has 0 bridgehead atoms. The second-order valence-electron chi connectivity index (χ2n) is 2.46. The summed E-state index contributed by atoms with van der Waals surface area (Å²) < 4.78 is 25.5. The van der Waals surface area contributed by atoms with E-state index in [-0.39, 0.29) is 5.56 Å². The summed E-state index contributed by atoms with van der Waals surface area (Å²) in [5.41, 5.74) is -0.197. The molecule has 1 rings (SSSR count). The number of aliphatic carboxylic acids is 1. The maximum Gasteiger partial charge on any atom is 0.347 e. The molecule has 0 spiro atoms. The predicted molar refractivity (Wildman–Crippen MR) is 47.8 cm³/mol. The van der Waals surface area contributed by atoms with Gasteiger partial charge in [0.05, 0.1) is 0 Å². The molecule has 0 aliphatic heterocycles. The third kappa shape index (κ3) is 2.53. The maximum absolute atomic E-state index is 12.9. The number of halogens is 3. The van der Waals surface area contributed by atoms with Gasteiger partial charge in [0.2, 0.25) is 0 Å². The van der Waals surface area contributed by atoms with E-state index in [0.29, 0.717) is 0 Å². The highest BCUT2D eigenvalue weighted by Crippen LogP contribution is 2.15. The summed E-state index contributed by atoms with van der Waals surface area (Å²) in [4.78, 5) is 10.3. The third-order valence-electron chi connectivity index (χ3n) is 1.44. The van der Waals surface area contributed by atoms with Crippen LogP contribution in [0.1, 0.15) is 5.56 Å². The highest BCUT2D eigenvalue weighted by atomic mass is 35.5. The quantitative estimate of drug-likeness (QED) is 0.775. The molecule has 0 aliphatic rings. The van der Waals surface area contributed by atoms with Crippen molar-refractivity contribution in [2.75, 3.05) is 0 Å². The van der Waals surface area contributed by atoms with Crippen molar-refractivity contribution in [3.8, 4) is 0 Å². The van der Waals surface area contributed by atoms with Gasteiger partial charge in [0.1, 0.15) is 16.7 Å². The number of rotatable bonds is 2. The number of benzene rings is 1. The summed E-state index contributed by atoms with van der Waals surface area (Å²) in [6.07, 6.45) is 0.850. The average molecular weight is 219 g/mol. The van der Waals surface area contributed by atoms with Crippen LogP contribution in [0.25, 0.3) is 6.08 Å². The Morgan fingerprint density at radius 3 is 2.64 bits per heavy atom. The van der Waals surface area contributed by atoms with E-state index >= 15 is 0 Å². The Morgan fingerprint density at radius 1 is 1.43 bits per heavy atom. The normalized spacial score (nSPS) is 11.5. The number of carbonyl (C=O) groups is 1. The second-order valence-corrected chi connectivity index (χ2v) is 2.87. The van der Waals surface area contributed by atoms with E-state index in [4.69, 9.17) is 16.7 Å². The zero-order valence-corrected chi connectivity index (χ0v) is 7.55. The van der Waals surface area contributed by atoms with Crippen molar-refractivity contribution in [1.29, 1.82) is 0 Å². The maximum atomic E-state index is 12.9. The van der Waals surface area contributed by atoms with Crippen molar-refractivity contribution in [2.45, 2.75) is 0 Å². The van der Waals surface area contributed by atoms with Gasteiger partial charge in [-0.3, -0.25) is 0 Å². The summed E-state index contributed by atoms with van der Waals surface area (Å²) in [6, 6.07) is 2.69. The van der Waals surface area contributed by atoms with E-state index in [2.05, 4.69) is 0 Å². The second kappa shape index (κ2) is 4.19. The summed E-state index contributed by atoms with van der Waals surface area (Å²) in [5.74, 6) is -2.78. The summed E-state index contributed by atoms with van der Waals surface area (Å²) in [5, 5.41) is 7.81. The van der Waals surface area contributed by atoms with Crippen LogP contribution in [0.2, 0.25) is 0 Å². The van der Waals surface area contributed by atoms with Gasteiger partial charge in [-0.25, -0.2) is 13.6 Å². The lowest BCUT2D eigenvalue weighted by Gasteiger charge is -1.97. The van der Waals surface area contributed by atoms with Gasteiger partial charge in [0.15, 0.2) is 0 Å². The number of hydrogen-bond acceptors (Lipinski definition) is 1. The van der Waals surface area contributed by atoms with Gasteiger partial charge in [-0.15, -0.1) is 0 Å². The van der Waals surface area contributed by atoms with Crippen LogP contribution in [-0.4, -0.2) is 11.1 Å². The lowest BCUT2D eigenvalue weighted by molar-refractivity contribution is -0.131. The highest BCUT2D eigenvalue weighted by Gasteiger charge is 2.06. The molecule has 1 aromatic carbocycles. The molecule has 0 saturated carbocycles. The van der Waals surface area contributed by atoms with E-state index in [0.717, 1.165) is 24.3 Å². The molecule has 0 aliphatic carbocycles. The molecule has 5 heteroatoms. The van der Waals surface area contributed by atoms with Gasteiger partial charge < -0.3 is 5.11 Å². The van der Waals surface area contributed by atoms with Crippen molar-refractivity contribution < 1.29 is 18.7 Å². The molecule has 0 aromatic heterocycles. The van der Waals surface area contributed by atoms with Crippen molar-refractivity contribution >= 4 is 23.6 Å². The Kier molecular flexibility index (Phi) is 3.19. The van der Waals surface area contributed by atoms with E-state index in [1.165, 1.54) is 0 Å². The fourth-order valence-corrected chi connectivity index (χ4v) is 0.941. The monoisotopic (exact) mass is 218 g/mol. The van der Waals surface area contributed by atoms with Crippen LogP contribution in [0.4, 0.5) is 8.78 Å². The van der Waals surface area contributed by atoms with Crippen LogP contribution < -0.4 is 0 Å².